The molecule has 0 bridgehead atoms. The van der Waals surface area contributed by atoms with Gasteiger partial charge >= 0.3 is 0 Å². The summed E-state index contributed by atoms with van der Waals surface area (Å²) in [6.45, 7) is 2.49. The zero-order valence-corrected chi connectivity index (χ0v) is 13.9. The number of hydrogen-bond acceptors (Lipinski definition) is 4. The van der Waals surface area contributed by atoms with Crippen LogP contribution in [0.3, 0.4) is 0 Å². The van der Waals surface area contributed by atoms with Crippen molar-refractivity contribution in [1.82, 2.24) is 9.88 Å². The molecule has 1 aliphatic heterocycles. The zero-order chi connectivity index (χ0) is 16.8. The fourth-order valence-electron chi connectivity index (χ4n) is 2.82. The van der Waals surface area contributed by atoms with E-state index in [9.17, 15) is 4.79 Å². The highest BCUT2D eigenvalue weighted by molar-refractivity contribution is 5.78. The van der Waals surface area contributed by atoms with E-state index in [2.05, 4.69) is 4.98 Å². The molecule has 0 aliphatic carbocycles. The lowest BCUT2D eigenvalue weighted by Gasteiger charge is -2.18. The average molecular weight is 326 g/mol. The smallest absolute Gasteiger partial charge is 0.222 e. The van der Waals surface area contributed by atoms with Crippen LogP contribution in [0.4, 0.5) is 0 Å². The van der Waals surface area contributed by atoms with Gasteiger partial charge < -0.3 is 14.4 Å². The Labute approximate surface area is 142 Å². The van der Waals surface area contributed by atoms with Crippen molar-refractivity contribution < 1.29 is 14.3 Å². The number of benzene rings is 1. The van der Waals surface area contributed by atoms with Crippen molar-refractivity contribution >= 4 is 5.91 Å². The summed E-state index contributed by atoms with van der Waals surface area (Å²) in [4.78, 5) is 17.9. The maximum atomic E-state index is 11.8. The third kappa shape index (κ3) is 4.11. The Balaban J connectivity index is 1.57. The lowest BCUT2D eigenvalue weighted by molar-refractivity contribution is -0.128. The molecule has 0 atom stereocenters. The van der Waals surface area contributed by atoms with Crippen molar-refractivity contribution in [3.63, 3.8) is 0 Å². The van der Waals surface area contributed by atoms with Gasteiger partial charge in [0.2, 0.25) is 5.91 Å². The number of carbonyl (C=O) groups excluding carboxylic acids is 1. The van der Waals surface area contributed by atoms with E-state index in [1.54, 1.807) is 13.3 Å². The fraction of sp³-hybridized carbons (Fsp3) is 0.368. The van der Waals surface area contributed by atoms with Crippen LogP contribution in [-0.2, 0) is 29.3 Å². The van der Waals surface area contributed by atoms with Gasteiger partial charge in [0.15, 0.2) is 0 Å². The molecule has 0 radical (unpaired) electrons. The van der Waals surface area contributed by atoms with Gasteiger partial charge in [0.25, 0.3) is 0 Å². The van der Waals surface area contributed by atoms with Gasteiger partial charge in [-0.2, -0.15) is 0 Å². The molecular weight excluding hydrogens is 304 g/mol. The van der Waals surface area contributed by atoms with Gasteiger partial charge in [-0.3, -0.25) is 9.78 Å². The summed E-state index contributed by atoms with van der Waals surface area (Å²) in [7, 11) is 1.65. The summed E-state index contributed by atoms with van der Waals surface area (Å²) < 4.78 is 11.0. The average Bonchev–Trinajstić information content (AvgIpc) is 3.02. The molecule has 1 fully saturated rings. The first kappa shape index (κ1) is 16.5. The van der Waals surface area contributed by atoms with Gasteiger partial charge in [-0.1, -0.05) is 12.1 Å². The van der Waals surface area contributed by atoms with Crippen LogP contribution in [-0.4, -0.2) is 29.4 Å². The molecule has 1 saturated heterocycles. The van der Waals surface area contributed by atoms with E-state index in [4.69, 9.17) is 9.47 Å². The van der Waals surface area contributed by atoms with E-state index in [0.29, 0.717) is 26.2 Å². The molecule has 1 amide bonds. The second-order valence-corrected chi connectivity index (χ2v) is 5.90. The molecule has 1 aliphatic rings. The summed E-state index contributed by atoms with van der Waals surface area (Å²) in [6.07, 6.45) is 5.20. The highest BCUT2D eigenvalue weighted by Crippen LogP contribution is 2.18. The van der Waals surface area contributed by atoms with Crippen LogP contribution in [0.5, 0.6) is 5.75 Å². The molecule has 1 aromatic heterocycles. The molecule has 0 saturated carbocycles. The Kier molecular flexibility index (Phi) is 5.43. The summed E-state index contributed by atoms with van der Waals surface area (Å²) >= 11 is 0. The molecule has 24 heavy (non-hydrogen) atoms. The van der Waals surface area contributed by atoms with Crippen LogP contribution in [0.1, 0.15) is 29.5 Å². The van der Waals surface area contributed by atoms with Crippen LogP contribution >= 0.6 is 0 Å². The lowest BCUT2D eigenvalue weighted by atomic mass is 10.1. The number of hydrogen-bond donors (Lipinski definition) is 0. The Bertz CT molecular complexity index is 685. The van der Waals surface area contributed by atoms with Gasteiger partial charge in [-0.25, -0.2) is 0 Å². The highest BCUT2D eigenvalue weighted by atomic mass is 16.5. The van der Waals surface area contributed by atoms with E-state index >= 15 is 0 Å². The van der Waals surface area contributed by atoms with Crippen molar-refractivity contribution in [1.29, 1.82) is 0 Å². The zero-order valence-electron chi connectivity index (χ0n) is 13.9. The van der Waals surface area contributed by atoms with E-state index < -0.39 is 0 Å². The molecule has 2 heterocycles. The molecule has 0 spiro atoms. The molecule has 2 aromatic rings. The van der Waals surface area contributed by atoms with Gasteiger partial charge in [-0.05, 0) is 35.7 Å². The normalized spacial score (nSPS) is 14.2. The minimum absolute atomic E-state index is 0.233. The van der Waals surface area contributed by atoms with Gasteiger partial charge in [-0.15, -0.1) is 0 Å². The van der Waals surface area contributed by atoms with Crippen molar-refractivity contribution in [2.24, 2.45) is 0 Å². The molecular formula is C19H22N2O3. The van der Waals surface area contributed by atoms with Crippen molar-refractivity contribution in [3.8, 4) is 5.75 Å². The van der Waals surface area contributed by atoms with Crippen LogP contribution in [0.2, 0.25) is 0 Å². The van der Waals surface area contributed by atoms with Crippen LogP contribution in [0.15, 0.2) is 42.7 Å². The van der Waals surface area contributed by atoms with Crippen LogP contribution in [0, 0.1) is 0 Å². The lowest BCUT2D eigenvalue weighted by Crippen LogP contribution is -2.24. The predicted molar refractivity (Wildman–Crippen MR) is 90.4 cm³/mol. The molecule has 0 unspecified atom stereocenters. The van der Waals surface area contributed by atoms with Gasteiger partial charge in [0.1, 0.15) is 5.75 Å². The number of carbonyl (C=O) groups is 1. The maximum Gasteiger partial charge on any atom is 0.222 e. The van der Waals surface area contributed by atoms with Crippen molar-refractivity contribution in [3.05, 3.63) is 59.4 Å². The van der Waals surface area contributed by atoms with Gasteiger partial charge in [0.05, 0.1) is 20.3 Å². The number of amides is 1. The standard InChI is InChI=1S/C19H22N2O3/c1-23-18-6-4-15(5-7-18)13-24-14-17-11-20-9-8-16(17)12-21-10-2-3-19(21)22/h4-9,11H,2-3,10,12-14H2,1H3. The van der Waals surface area contributed by atoms with Crippen LogP contribution < -0.4 is 4.74 Å². The topological polar surface area (TPSA) is 51.7 Å². The molecule has 3 rings (SSSR count). The summed E-state index contributed by atoms with van der Waals surface area (Å²) in [5, 5.41) is 0. The number of ether oxygens (including phenoxy) is 2. The molecule has 5 heteroatoms. The molecule has 5 nitrogen and oxygen atoms in total. The van der Waals surface area contributed by atoms with E-state index in [-0.39, 0.29) is 5.91 Å². The summed E-state index contributed by atoms with van der Waals surface area (Å²) in [6, 6.07) is 9.80. The molecule has 126 valence electrons. The summed E-state index contributed by atoms with van der Waals surface area (Å²) in [5.74, 6) is 1.07. The largest absolute Gasteiger partial charge is 0.497 e. The number of likely N-dealkylation sites (tertiary alicyclic amines) is 1. The number of nitrogens with zero attached hydrogens (tertiary/aromatic N) is 2. The second-order valence-electron chi connectivity index (χ2n) is 5.90. The van der Waals surface area contributed by atoms with Crippen molar-refractivity contribution in [2.75, 3.05) is 13.7 Å². The first-order valence-corrected chi connectivity index (χ1v) is 8.16. The van der Waals surface area contributed by atoms with E-state index in [1.165, 1.54) is 0 Å². The van der Waals surface area contributed by atoms with E-state index in [0.717, 1.165) is 35.4 Å². The Hall–Kier alpha value is -2.40. The fourth-order valence-corrected chi connectivity index (χ4v) is 2.82. The third-order valence-corrected chi connectivity index (χ3v) is 4.22. The minimum Gasteiger partial charge on any atom is -0.497 e. The van der Waals surface area contributed by atoms with Gasteiger partial charge in [0, 0.05) is 37.5 Å². The highest BCUT2D eigenvalue weighted by Gasteiger charge is 2.20. The SMILES string of the molecule is COc1ccc(COCc2cnccc2CN2CCCC2=O)cc1. The third-order valence-electron chi connectivity index (χ3n) is 4.22. The minimum atomic E-state index is 0.233. The summed E-state index contributed by atoms with van der Waals surface area (Å²) in [5.41, 5.74) is 3.23. The number of rotatable bonds is 7. The Morgan fingerprint density at radius 3 is 2.67 bits per heavy atom. The van der Waals surface area contributed by atoms with Crippen LogP contribution in [0.25, 0.3) is 0 Å². The molecule has 1 aromatic carbocycles. The van der Waals surface area contributed by atoms with Crippen molar-refractivity contribution in [2.45, 2.75) is 32.6 Å². The first-order valence-electron chi connectivity index (χ1n) is 8.16. The first-order chi connectivity index (χ1) is 11.8. The maximum absolute atomic E-state index is 11.8. The number of pyridine rings is 1. The Morgan fingerprint density at radius 1 is 1.12 bits per heavy atom. The molecule has 0 N–H and O–H groups in total. The quantitative estimate of drug-likeness (QED) is 0.785. The monoisotopic (exact) mass is 326 g/mol. The predicted octanol–water partition coefficient (Wildman–Crippen LogP) is 2.93. The number of aromatic nitrogens is 1. The van der Waals surface area contributed by atoms with E-state index in [1.807, 2.05) is 41.4 Å². The Morgan fingerprint density at radius 2 is 1.96 bits per heavy atom. The second kappa shape index (κ2) is 7.93. The number of methoxy groups -OCH3 is 1.